The molecule has 1 amide bonds. The van der Waals surface area contributed by atoms with Gasteiger partial charge < -0.3 is 15.4 Å². The molecule has 0 aromatic rings. The average molecular weight is 300 g/mol. The Hall–Kier alpha value is -0.680. The normalized spacial score (nSPS) is 19.3. The van der Waals surface area contributed by atoms with E-state index in [1.807, 2.05) is 20.8 Å². The summed E-state index contributed by atoms with van der Waals surface area (Å²) in [6, 6.07) is 0. The van der Waals surface area contributed by atoms with Crippen LogP contribution in [-0.2, 0) is 4.74 Å². The van der Waals surface area contributed by atoms with Crippen LogP contribution in [0.3, 0.4) is 0 Å². The third-order valence-electron chi connectivity index (χ3n) is 2.51. The highest BCUT2D eigenvalue weighted by molar-refractivity contribution is 5.85. The number of carbonyl (C=O) groups is 1. The number of halogens is 2. The Morgan fingerprint density at radius 1 is 1.39 bits per heavy atom. The van der Waals surface area contributed by atoms with Crippen molar-refractivity contribution >= 4 is 36.7 Å². The molecular weight excluding hydrogens is 277 g/mol. The number of hydrogen-bond donors (Lipinski definition) is 2. The van der Waals surface area contributed by atoms with Gasteiger partial charge >= 0.3 is 6.09 Å². The number of amides is 1. The molecule has 1 fully saturated rings. The van der Waals surface area contributed by atoms with E-state index in [1.165, 1.54) is 0 Å². The Morgan fingerprint density at radius 2 is 1.94 bits per heavy atom. The highest BCUT2D eigenvalue weighted by Gasteiger charge is 2.28. The number of amidine groups is 1. The van der Waals surface area contributed by atoms with Gasteiger partial charge in [-0.05, 0) is 33.6 Å². The Balaban J connectivity index is 0. The third-order valence-corrected chi connectivity index (χ3v) is 2.51. The first-order valence-electron chi connectivity index (χ1n) is 5.61. The maximum absolute atomic E-state index is 11.8. The zero-order valence-electron chi connectivity index (χ0n) is 11.1. The zero-order chi connectivity index (χ0) is 12.3. The topological polar surface area (TPSA) is 79.4 Å². The summed E-state index contributed by atoms with van der Waals surface area (Å²) in [4.78, 5) is 13.4. The van der Waals surface area contributed by atoms with Gasteiger partial charge in [-0.3, -0.25) is 5.41 Å². The standard InChI is InChI=1S/C11H21N3O2.2ClH/c1-11(2,3)16-10(15)14-6-4-5-8(7-14)9(12)13;;/h8H,4-7H2,1-3H3,(H3,12,13);2*1H. The van der Waals surface area contributed by atoms with E-state index in [4.69, 9.17) is 15.9 Å². The molecule has 0 aromatic carbocycles. The predicted molar refractivity (Wildman–Crippen MR) is 76.9 cm³/mol. The van der Waals surface area contributed by atoms with E-state index in [9.17, 15) is 4.79 Å². The SMILES string of the molecule is CC(C)(C)OC(=O)N1CCCC(C(=N)N)C1.Cl.Cl. The van der Waals surface area contributed by atoms with Crippen LogP contribution in [0.1, 0.15) is 33.6 Å². The summed E-state index contributed by atoms with van der Waals surface area (Å²) in [5, 5.41) is 7.40. The van der Waals surface area contributed by atoms with Crippen molar-refractivity contribution in [3.8, 4) is 0 Å². The highest BCUT2D eigenvalue weighted by atomic mass is 35.5. The van der Waals surface area contributed by atoms with Gasteiger partial charge in [0.05, 0.1) is 5.84 Å². The van der Waals surface area contributed by atoms with Crippen LogP contribution in [0.5, 0.6) is 0 Å². The van der Waals surface area contributed by atoms with Crippen LogP contribution in [0.4, 0.5) is 4.79 Å². The first kappa shape index (κ1) is 19.7. The van der Waals surface area contributed by atoms with Crippen LogP contribution in [0.15, 0.2) is 0 Å². The van der Waals surface area contributed by atoms with E-state index in [2.05, 4.69) is 0 Å². The van der Waals surface area contributed by atoms with Gasteiger partial charge in [-0.15, -0.1) is 24.8 Å². The van der Waals surface area contributed by atoms with Crippen molar-refractivity contribution in [3.05, 3.63) is 0 Å². The second kappa shape index (κ2) is 7.69. The van der Waals surface area contributed by atoms with Crippen LogP contribution in [-0.4, -0.2) is 35.5 Å². The molecular formula is C11H23Cl2N3O2. The number of carbonyl (C=O) groups excluding carboxylic acids is 1. The summed E-state index contributed by atoms with van der Waals surface area (Å²) in [7, 11) is 0. The lowest BCUT2D eigenvalue weighted by molar-refractivity contribution is 0.0193. The second-order valence-corrected chi connectivity index (χ2v) is 5.22. The maximum atomic E-state index is 11.8. The number of ether oxygens (including phenoxy) is 1. The van der Waals surface area contributed by atoms with Crippen molar-refractivity contribution < 1.29 is 9.53 Å². The molecule has 0 spiro atoms. The molecule has 1 unspecified atom stereocenters. The molecule has 1 rings (SSSR count). The minimum atomic E-state index is -0.472. The number of rotatable bonds is 1. The molecule has 1 aliphatic rings. The molecule has 5 nitrogen and oxygen atoms in total. The van der Waals surface area contributed by atoms with Crippen LogP contribution >= 0.6 is 24.8 Å². The number of nitrogens with two attached hydrogens (primary N) is 1. The van der Waals surface area contributed by atoms with Gasteiger partial charge in [0.25, 0.3) is 0 Å². The Bertz CT molecular complexity index is 293. The Labute approximate surface area is 121 Å². The van der Waals surface area contributed by atoms with Gasteiger partial charge in [0.15, 0.2) is 0 Å². The van der Waals surface area contributed by atoms with Crippen molar-refractivity contribution in [1.29, 1.82) is 5.41 Å². The zero-order valence-corrected chi connectivity index (χ0v) is 12.7. The van der Waals surface area contributed by atoms with Crippen LogP contribution in [0.25, 0.3) is 0 Å². The molecule has 1 saturated heterocycles. The molecule has 0 aliphatic carbocycles. The van der Waals surface area contributed by atoms with Crippen molar-refractivity contribution in [2.24, 2.45) is 11.7 Å². The summed E-state index contributed by atoms with van der Waals surface area (Å²) in [6.07, 6.45) is 1.46. The predicted octanol–water partition coefficient (Wildman–Crippen LogP) is 2.41. The van der Waals surface area contributed by atoms with Gasteiger partial charge in [0.1, 0.15) is 5.60 Å². The summed E-state index contributed by atoms with van der Waals surface area (Å²) < 4.78 is 5.28. The first-order valence-corrected chi connectivity index (χ1v) is 5.61. The fourth-order valence-electron chi connectivity index (χ4n) is 1.72. The molecule has 3 N–H and O–H groups in total. The first-order chi connectivity index (χ1) is 7.29. The van der Waals surface area contributed by atoms with Gasteiger partial charge in [-0.2, -0.15) is 0 Å². The smallest absolute Gasteiger partial charge is 0.410 e. The third kappa shape index (κ3) is 6.31. The lowest BCUT2D eigenvalue weighted by Crippen LogP contribution is -2.45. The molecule has 0 aromatic heterocycles. The second-order valence-electron chi connectivity index (χ2n) is 5.22. The Kier molecular flexibility index (Phi) is 8.40. The fourth-order valence-corrected chi connectivity index (χ4v) is 1.72. The molecule has 7 heteroatoms. The fraction of sp³-hybridized carbons (Fsp3) is 0.818. The summed E-state index contributed by atoms with van der Waals surface area (Å²) in [6.45, 7) is 6.73. The number of piperidine rings is 1. The minimum absolute atomic E-state index is 0. The molecule has 0 bridgehead atoms. The molecule has 108 valence electrons. The van der Waals surface area contributed by atoms with Crippen molar-refractivity contribution in [2.75, 3.05) is 13.1 Å². The Morgan fingerprint density at radius 3 is 2.39 bits per heavy atom. The quantitative estimate of drug-likeness (QED) is 0.576. The van der Waals surface area contributed by atoms with Gasteiger partial charge in [-0.1, -0.05) is 0 Å². The van der Waals surface area contributed by atoms with Gasteiger partial charge in [0.2, 0.25) is 0 Å². The molecule has 1 atom stereocenters. The van der Waals surface area contributed by atoms with E-state index in [1.54, 1.807) is 4.90 Å². The molecule has 1 aliphatic heterocycles. The molecule has 18 heavy (non-hydrogen) atoms. The number of nitrogens with one attached hydrogen (secondary N) is 1. The van der Waals surface area contributed by atoms with E-state index < -0.39 is 5.60 Å². The lowest BCUT2D eigenvalue weighted by atomic mass is 9.97. The van der Waals surface area contributed by atoms with Crippen LogP contribution in [0.2, 0.25) is 0 Å². The summed E-state index contributed by atoms with van der Waals surface area (Å²) in [5.41, 5.74) is 4.99. The van der Waals surface area contributed by atoms with Crippen molar-refractivity contribution in [2.45, 2.75) is 39.2 Å². The molecule has 1 heterocycles. The summed E-state index contributed by atoms with van der Waals surface area (Å²) >= 11 is 0. The van der Waals surface area contributed by atoms with Crippen LogP contribution in [0, 0.1) is 11.3 Å². The van der Waals surface area contributed by atoms with E-state index >= 15 is 0 Å². The highest BCUT2D eigenvalue weighted by Crippen LogP contribution is 2.18. The number of nitrogens with zero attached hydrogens (tertiary/aromatic N) is 1. The largest absolute Gasteiger partial charge is 0.444 e. The monoisotopic (exact) mass is 299 g/mol. The van der Waals surface area contributed by atoms with E-state index in [0.29, 0.717) is 13.1 Å². The number of hydrogen-bond acceptors (Lipinski definition) is 3. The maximum Gasteiger partial charge on any atom is 0.410 e. The van der Waals surface area contributed by atoms with Gasteiger partial charge in [0, 0.05) is 19.0 Å². The average Bonchev–Trinajstić information content (AvgIpc) is 2.15. The van der Waals surface area contributed by atoms with Gasteiger partial charge in [-0.25, -0.2) is 4.79 Å². The number of likely N-dealkylation sites (tertiary alicyclic amines) is 1. The van der Waals surface area contributed by atoms with Crippen molar-refractivity contribution in [3.63, 3.8) is 0 Å². The molecule has 0 saturated carbocycles. The minimum Gasteiger partial charge on any atom is -0.444 e. The van der Waals surface area contributed by atoms with Crippen molar-refractivity contribution in [1.82, 2.24) is 4.90 Å². The summed E-state index contributed by atoms with van der Waals surface area (Å²) in [5.74, 6) is 0.148. The lowest BCUT2D eigenvalue weighted by Gasteiger charge is -2.33. The molecule has 0 radical (unpaired) electrons. The van der Waals surface area contributed by atoms with E-state index in [-0.39, 0.29) is 42.7 Å². The van der Waals surface area contributed by atoms with Crippen LogP contribution < -0.4 is 5.73 Å². The van der Waals surface area contributed by atoms with E-state index in [0.717, 1.165) is 12.8 Å².